The van der Waals surface area contributed by atoms with Gasteiger partial charge in [-0.15, -0.1) is 0 Å². The molecule has 3 heterocycles. The van der Waals surface area contributed by atoms with E-state index in [1.165, 1.54) is 4.90 Å². The van der Waals surface area contributed by atoms with Gasteiger partial charge in [0.25, 0.3) is 5.91 Å². The van der Waals surface area contributed by atoms with Crippen molar-refractivity contribution < 1.29 is 19.1 Å². The molecule has 3 rings (SSSR count). The van der Waals surface area contributed by atoms with Crippen LogP contribution in [0.3, 0.4) is 0 Å². The first kappa shape index (κ1) is 13.5. The zero-order valence-electron chi connectivity index (χ0n) is 11.8. The smallest absolute Gasteiger partial charge is 0.251 e. The number of carbonyl (C=O) groups is 3. The molecule has 0 saturated carbocycles. The van der Waals surface area contributed by atoms with E-state index >= 15 is 0 Å². The van der Waals surface area contributed by atoms with Crippen molar-refractivity contribution in [2.45, 2.75) is 38.2 Å². The maximum atomic E-state index is 12.3. The molecule has 6 nitrogen and oxygen atoms in total. The SMILES string of the molecule is CN1C(=O)CC2(CCN(C(=O)[C@H]3CCCO3)CC2)C1=O. The van der Waals surface area contributed by atoms with Crippen molar-refractivity contribution in [1.29, 1.82) is 0 Å². The van der Waals surface area contributed by atoms with E-state index in [1.807, 2.05) is 0 Å². The van der Waals surface area contributed by atoms with Crippen LogP contribution in [0.1, 0.15) is 32.1 Å². The van der Waals surface area contributed by atoms with Crippen molar-refractivity contribution in [1.82, 2.24) is 9.80 Å². The second kappa shape index (κ2) is 4.84. The minimum Gasteiger partial charge on any atom is -0.368 e. The minimum absolute atomic E-state index is 0.0440. The molecule has 0 bridgehead atoms. The molecule has 0 aromatic heterocycles. The van der Waals surface area contributed by atoms with E-state index < -0.39 is 5.41 Å². The van der Waals surface area contributed by atoms with Gasteiger partial charge < -0.3 is 9.64 Å². The molecule has 1 atom stereocenters. The van der Waals surface area contributed by atoms with Gasteiger partial charge in [-0.2, -0.15) is 0 Å². The fourth-order valence-corrected chi connectivity index (χ4v) is 3.47. The topological polar surface area (TPSA) is 66.9 Å². The number of likely N-dealkylation sites (tertiary alicyclic amines) is 2. The Balaban J connectivity index is 1.63. The van der Waals surface area contributed by atoms with Crippen molar-refractivity contribution in [2.75, 3.05) is 26.7 Å². The monoisotopic (exact) mass is 280 g/mol. The zero-order chi connectivity index (χ0) is 14.3. The number of rotatable bonds is 1. The van der Waals surface area contributed by atoms with Gasteiger partial charge in [0.05, 0.1) is 5.41 Å². The highest BCUT2D eigenvalue weighted by atomic mass is 16.5. The second-order valence-corrected chi connectivity index (χ2v) is 6.04. The standard InChI is InChI=1S/C14H20N2O4/c1-15-11(17)9-14(13(15)19)4-6-16(7-5-14)12(18)10-3-2-8-20-10/h10H,2-9H2,1H3/t10-/m1/s1. The molecule has 3 saturated heterocycles. The van der Waals surface area contributed by atoms with Crippen LogP contribution in [0, 0.1) is 5.41 Å². The first-order valence-corrected chi connectivity index (χ1v) is 7.25. The molecule has 3 aliphatic rings. The molecule has 0 radical (unpaired) electrons. The lowest BCUT2D eigenvalue weighted by molar-refractivity contribution is -0.147. The molecule has 0 aromatic carbocycles. The number of ether oxygens (including phenoxy) is 1. The Bertz CT molecular complexity index is 448. The molecule has 110 valence electrons. The van der Waals surface area contributed by atoms with Gasteiger partial charge in [-0.3, -0.25) is 19.3 Å². The largest absolute Gasteiger partial charge is 0.368 e. The van der Waals surface area contributed by atoms with Crippen LogP contribution in [0.4, 0.5) is 0 Å². The van der Waals surface area contributed by atoms with Crippen LogP contribution in [0.2, 0.25) is 0 Å². The van der Waals surface area contributed by atoms with Gasteiger partial charge in [-0.1, -0.05) is 0 Å². The summed E-state index contributed by atoms with van der Waals surface area (Å²) in [7, 11) is 1.54. The van der Waals surface area contributed by atoms with Gasteiger partial charge in [0, 0.05) is 33.2 Å². The summed E-state index contributed by atoms with van der Waals surface area (Å²) in [5, 5.41) is 0. The quantitative estimate of drug-likeness (QED) is 0.642. The Morgan fingerprint density at radius 2 is 2.00 bits per heavy atom. The Hall–Kier alpha value is -1.43. The van der Waals surface area contributed by atoms with Crippen molar-refractivity contribution in [2.24, 2.45) is 5.41 Å². The minimum atomic E-state index is -0.556. The van der Waals surface area contributed by atoms with Crippen molar-refractivity contribution in [3.8, 4) is 0 Å². The Morgan fingerprint density at radius 3 is 2.50 bits per heavy atom. The van der Waals surface area contributed by atoms with E-state index in [0.29, 0.717) is 39.0 Å². The predicted octanol–water partition coefficient (Wildman–Crippen LogP) is 0.163. The molecule has 3 amide bonds. The summed E-state index contributed by atoms with van der Waals surface area (Å²) in [6.45, 7) is 1.75. The van der Waals surface area contributed by atoms with Crippen molar-refractivity contribution in [3.63, 3.8) is 0 Å². The van der Waals surface area contributed by atoms with Crippen LogP contribution >= 0.6 is 0 Å². The second-order valence-electron chi connectivity index (χ2n) is 6.04. The summed E-state index contributed by atoms with van der Waals surface area (Å²) in [5.74, 6) is -0.136. The van der Waals surface area contributed by atoms with Gasteiger partial charge in [-0.05, 0) is 25.7 Å². The molecule has 0 N–H and O–H groups in total. The van der Waals surface area contributed by atoms with Crippen molar-refractivity contribution in [3.05, 3.63) is 0 Å². The van der Waals surface area contributed by atoms with Crippen molar-refractivity contribution >= 4 is 17.7 Å². The predicted molar refractivity (Wildman–Crippen MR) is 69.6 cm³/mol. The van der Waals surface area contributed by atoms with E-state index in [1.54, 1.807) is 11.9 Å². The van der Waals surface area contributed by atoms with Gasteiger partial charge >= 0.3 is 0 Å². The van der Waals surface area contributed by atoms with E-state index in [2.05, 4.69) is 0 Å². The highest BCUT2D eigenvalue weighted by Gasteiger charge is 2.51. The number of nitrogens with zero attached hydrogens (tertiary/aromatic N) is 2. The van der Waals surface area contributed by atoms with Crippen LogP contribution < -0.4 is 0 Å². The lowest BCUT2D eigenvalue weighted by Gasteiger charge is -2.38. The Morgan fingerprint density at radius 1 is 1.30 bits per heavy atom. The number of amides is 3. The highest BCUT2D eigenvalue weighted by Crippen LogP contribution is 2.41. The first-order chi connectivity index (χ1) is 9.53. The van der Waals surface area contributed by atoms with Gasteiger partial charge in [-0.25, -0.2) is 0 Å². The summed E-state index contributed by atoms with van der Waals surface area (Å²) in [4.78, 5) is 39.2. The Labute approximate surface area is 118 Å². The maximum Gasteiger partial charge on any atom is 0.251 e. The molecule has 6 heteroatoms. The maximum absolute atomic E-state index is 12.3. The van der Waals surface area contributed by atoms with E-state index in [9.17, 15) is 14.4 Å². The summed E-state index contributed by atoms with van der Waals surface area (Å²) in [5.41, 5.74) is -0.556. The molecule has 1 spiro atoms. The lowest BCUT2D eigenvalue weighted by Crippen LogP contribution is -2.48. The van der Waals surface area contributed by atoms with Crippen LogP contribution in [-0.4, -0.2) is 60.4 Å². The summed E-state index contributed by atoms with van der Waals surface area (Å²) >= 11 is 0. The molecule has 3 aliphatic heterocycles. The third-order valence-corrected chi connectivity index (χ3v) is 4.86. The van der Waals surface area contributed by atoms with Crippen LogP contribution in [0.15, 0.2) is 0 Å². The lowest BCUT2D eigenvalue weighted by atomic mass is 9.77. The van der Waals surface area contributed by atoms with E-state index in [0.717, 1.165) is 12.8 Å². The molecule has 20 heavy (non-hydrogen) atoms. The highest BCUT2D eigenvalue weighted by molar-refractivity contribution is 6.05. The molecular formula is C14H20N2O4. The van der Waals surface area contributed by atoms with E-state index in [4.69, 9.17) is 4.74 Å². The molecule has 3 fully saturated rings. The first-order valence-electron chi connectivity index (χ1n) is 7.25. The van der Waals surface area contributed by atoms with Gasteiger partial charge in [0.15, 0.2) is 0 Å². The summed E-state index contributed by atoms with van der Waals surface area (Å²) < 4.78 is 5.42. The average Bonchev–Trinajstić information content (AvgIpc) is 3.05. The van der Waals surface area contributed by atoms with Crippen LogP contribution in [-0.2, 0) is 19.1 Å². The number of imide groups is 1. The normalized spacial score (nSPS) is 29.6. The zero-order valence-corrected chi connectivity index (χ0v) is 11.8. The fraction of sp³-hybridized carbons (Fsp3) is 0.786. The van der Waals surface area contributed by atoms with Gasteiger partial charge in [0.2, 0.25) is 11.8 Å². The van der Waals surface area contributed by atoms with Crippen LogP contribution in [0.5, 0.6) is 0 Å². The molecular weight excluding hydrogens is 260 g/mol. The Kier molecular flexibility index (Phi) is 3.28. The average molecular weight is 280 g/mol. The molecule has 0 aromatic rings. The summed E-state index contributed by atoms with van der Waals surface area (Å²) in [6.07, 6.45) is 2.89. The molecule has 0 aliphatic carbocycles. The summed E-state index contributed by atoms with van der Waals surface area (Å²) in [6, 6.07) is 0. The fourth-order valence-electron chi connectivity index (χ4n) is 3.47. The number of carbonyl (C=O) groups excluding carboxylic acids is 3. The number of hydrogen-bond donors (Lipinski definition) is 0. The molecule has 0 unspecified atom stereocenters. The third kappa shape index (κ3) is 2.02. The van der Waals surface area contributed by atoms with E-state index in [-0.39, 0.29) is 23.8 Å². The van der Waals surface area contributed by atoms with Gasteiger partial charge in [0.1, 0.15) is 6.10 Å². The number of hydrogen-bond acceptors (Lipinski definition) is 4. The number of piperidine rings is 1. The third-order valence-electron chi connectivity index (χ3n) is 4.86. The van der Waals surface area contributed by atoms with Crippen LogP contribution in [0.25, 0.3) is 0 Å².